The van der Waals surface area contributed by atoms with Gasteiger partial charge in [-0.3, -0.25) is 33.9 Å². The molecule has 0 radical (unpaired) electrons. The number of nitrogens with one attached hydrogen (secondary N) is 2. The smallest absolute Gasteiger partial charge is 0.409 e. The predicted octanol–water partition coefficient (Wildman–Crippen LogP) is 6.39. The highest BCUT2D eigenvalue weighted by Gasteiger charge is 2.50. The van der Waals surface area contributed by atoms with Gasteiger partial charge in [-0.2, -0.15) is 9.97 Å². The zero-order valence-corrected chi connectivity index (χ0v) is 43.3. The maximum Gasteiger partial charge on any atom is 0.409 e. The van der Waals surface area contributed by atoms with Crippen LogP contribution in [0, 0.1) is 29.9 Å². The maximum absolute atomic E-state index is 17.2. The Hall–Kier alpha value is -7.01. The molecule has 0 aliphatic carbocycles. The van der Waals surface area contributed by atoms with Crippen molar-refractivity contribution in [1.29, 1.82) is 0 Å². The first-order valence-corrected chi connectivity index (χ1v) is 27.6. The molecule has 10 heterocycles. The lowest BCUT2D eigenvalue weighted by molar-refractivity contribution is -0.135. The van der Waals surface area contributed by atoms with Crippen LogP contribution in [-0.4, -0.2) is 146 Å². The first-order valence-electron chi connectivity index (χ1n) is 27.6. The average Bonchev–Trinajstić information content (AvgIpc) is 4.38. The molecule has 77 heavy (non-hydrogen) atoms. The van der Waals surface area contributed by atoms with E-state index >= 15 is 8.78 Å². The Labute approximate surface area is 444 Å². The van der Waals surface area contributed by atoms with Crippen LogP contribution in [0.5, 0.6) is 6.01 Å². The van der Waals surface area contributed by atoms with E-state index < -0.39 is 23.6 Å². The number of benzene rings is 3. The second kappa shape index (κ2) is 19.8. The van der Waals surface area contributed by atoms with Crippen LogP contribution in [-0.2, 0) is 21.4 Å². The number of piperazine rings is 1. The van der Waals surface area contributed by atoms with Gasteiger partial charge in [0.2, 0.25) is 11.8 Å². The fourth-order valence-electron chi connectivity index (χ4n) is 14.2. The Kier molecular flexibility index (Phi) is 12.7. The van der Waals surface area contributed by atoms with E-state index in [2.05, 4.69) is 48.4 Å². The number of terminal acetylenes is 1. The van der Waals surface area contributed by atoms with Gasteiger partial charge in [0.15, 0.2) is 5.82 Å². The largest absolute Gasteiger partial charge is 0.461 e. The zero-order chi connectivity index (χ0) is 52.7. The fourth-order valence-corrected chi connectivity index (χ4v) is 14.2. The molecule has 17 nitrogen and oxygen atoms in total. The molecule has 400 valence electrons. The molecule has 13 rings (SSSR count). The van der Waals surface area contributed by atoms with Crippen LogP contribution in [0.2, 0.25) is 0 Å². The number of imidazole rings is 1. The van der Waals surface area contributed by atoms with Crippen LogP contribution in [0.4, 0.5) is 19.4 Å². The van der Waals surface area contributed by atoms with Crippen LogP contribution in [0.15, 0.2) is 59.5 Å². The number of carbonyl (C=O) groups is 3. The molecule has 6 atom stereocenters. The molecular formula is C58H63F2N11O6. The summed E-state index contributed by atoms with van der Waals surface area (Å²) in [5.74, 6) is 1.76. The monoisotopic (exact) mass is 1050 g/mol. The number of hydrogen-bond donors (Lipinski definition) is 2. The highest BCUT2D eigenvalue weighted by atomic mass is 19.1. The Bertz CT molecular complexity index is 3470. The molecule has 7 aliphatic rings. The topological polar surface area (TPSA) is 172 Å². The molecule has 3 unspecified atom stereocenters. The second-order valence-corrected chi connectivity index (χ2v) is 22.7. The molecule has 2 bridgehead atoms. The zero-order valence-electron chi connectivity index (χ0n) is 43.3. The summed E-state index contributed by atoms with van der Waals surface area (Å²) in [7, 11) is 1.73. The third-order valence-electron chi connectivity index (χ3n) is 18.2. The van der Waals surface area contributed by atoms with E-state index in [0.29, 0.717) is 90.7 Å². The van der Waals surface area contributed by atoms with Gasteiger partial charge in [-0.05, 0) is 125 Å². The Morgan fingerprint density at radius 3 is 2.55 bits per heavy atom. The quantitative estimate of drug-likeness (QED) is 0.108. The number of carbonyl (C=O) groups excluding carboxylic acids is 3. The number of likely N-dealkylation sites (tertiary alicyclic amines) is 2. The molecule has 0 spiro atoms. The van der Waals surface area contributed by atoms with Crippen molar-refractivity contribution in [2.45, 2.75) is 106 Å². The van der Waals surface area contributed by atoms with Crippen LogP contribution in [0.3, 0.4) is 0 Å². The molecule has 7 aliphatic heterocycles. The SMILES string of the molecule is C#Cc1c(F)ccc2cccc(-c3ncc4c(N5CC6CCC(C5)N6)nc(OC[C@@]56CCCN5[C@H](COC(=O)N5CC[C@@H](CN7CCC(c8ccc9c(c8)n(C)c(=O)n9C8CCC(=O)NC8=O)CC7)C5)CC6)nc4c3F)c12. The lowest BCUT2D eigenvalue weighted by atomic mass is 9.88. The Balaban J connectivity index is 0.639. The van der Waals surface area contributed by atoms with Crippen molar-refractivity contribution in [3.63, 3.8) is 0 Å². The Morgan fingerprint density at radius 1 is 0.909 bits per heavy atom. The standard InChI is InChI=1S/C58H63F2N11O6/c1-3-41-44(59)12-8-36-6-4-7-42(49(36)41)51-50(60)52-43(27-61-51)53(69-30-38-10-11-39(31-69)62-38)65-55(64-52)77-33-58-20-5-22-70(58)40(16-21-58)32-76-57(75)68-25-17-34(29-68)28-67-23-18-35(19-24-67)37-9-13-45-47(26-37)66(2)56(74)71(45)46-14-15-48(72)63-54(46)73/h1,4,6-9,12-13,26-27,34-35,38-40,46,62H,5,10-11,14-25,28-33H2,2H3,(H,63,72,73)/t34-,38?,39?,40-,46?,58-/m0/s1. The number of fused-ring (bicyclic) bond motifs is 6. The van der Waals surface area contributed by atoms with Crippen molar-refractivity contribution in [3.8, 4) is 29.6 Å². The van der Waals surface area contributed by atoms with Gasteiger partial charge in [0, 0.05) is 81.5 Å². The summed E-state index contributed by atoms with van der Waals surface area (Å²) < 4.78 is 48.1. The van der Waals surface area contributed by atoms with Crippen LogP contribution in [0.25, 0.3) is 44.0 Å². The number of pyridine rings is 1. The number of hydrogen-bond acceptors (Lipinski definition) is 13. The van der Waals surface area contributed by atoms with Crippen molar-refractivity contribution in [1.82, 2.24) is 49.4 Å². The van der Waals surface area contributed by atoms with Gasteiger partial charge in [0.1, 0.15) is 42.1 Å². The number of anilines is 1. The summed E-state index contributed by atoms with van der Waals surface area (Å²) in [5.41, 5.74) is 2.59. The predicted molar refractivity (Wildman–Crippen MR) is 286 cm³/mol. The van der Waals surface area contributed by atoms with Gasteiger partial charge in [-0.25, -0.2) is 18.4 Å². The highest BCUT2D eigenvalue weighted by molar-refractivity contribution is 6.02. The van der Waals surface area contributed by atoms with E-state index in [4.69, 9.17) is 25.9 Å². The molecule has 0 saturated carbocycles. The molecule has 3 amide bonds. The summed E-state index contributed by atoms with van der Waals surface area (Å²) in [6.45, 7) is 6.96. The minimum atomic E-state index is -0.710. The summed E-state index contributed by atoms with van der Waals surface area (Å²) >= 11 is 0. The van der Waals surface area contributed by atoms with Gasteiger partial charge >= 0.3 is 17.8 Å². The van der Waals surface area contributed by atoms with Gasteiger partial charge in [-0.15, -0.1) is 6.42 Å². The number of aryl methyl sites for hydroxylation is 1. The van der Waals surface area contributed by atoms with E-state index in [0.717, 1.165) is 89.5 Å². The van der Waals surface area contributed by atoms with Crippen molar-refractivity contribution in [3.05, 3.63) is 88.0 Å². The van der Waals surface area contributed by atoms with Crippen molar-refractivity contribution in [2.75, 3.05) is 70.5 Å². The van der Waals surface area contributed by atoms with Crippen molar-refractivity contribution >= 4 is 56.4 Å². The minimum Gasteiger partial charge on any atom is -0.461 e. The number of amides is 3. The molecule has 19 heteroatoms. The molecular weight excluding hydrogens is 985 g/mol. The number of ether oxygens (including phenoxy) is 2. The summed E-state index contributed by atoms with van der Waals surface area (Å²) in [4.78, 5) is 74.9. The van der Waals surface area contributed by atoms with Crippen LogP contribution >= 0.6 is 0 Å². The van der Waals surface area contributed by atoms with E-state index in [1.54, 1.807) is 36.0 Å². The first kappa shape index (κ1) is 49.6. The number of imide groups is 1. The lowest BCUT2D eigenvalue weighted by Crippen LogP contribution is -2.51. The summed E-state index contributed by atoms with van der Waals surface area (Å²) in [5, 5.41) is 7.61. The number of piperidine rings is 2. The average molecular weight is 1050 g/mol. The Morgan fingerprint density at radius 2 is 1.74 bits per heavy atom. The lowest BCUT2D eigenvalue weighted by Gasteiger charge is -2.35. The third kappa shape index (κ3) is 8.85. The van der Waals surface area contributed by atoms with E-state index in [9.17, 15) is 19.2 Å². The van der Waals surface area contributed by atoms with E-state index in [-0.39, 0.29) is 70.6 Å². The minimum absolute atomic E-state index is 0.0160. The second-order valence-electron chi connectivity index (χ2n) is 22.7. The van der Waals surface area contributed by atoms with Crippen LogP contribution in [0.1, 0.15) is 93.7 Å². The molecule has 6 aromatic rings. The number of nitrogens with zero attached hydrogens (tertiary/aromatic N) is 9. The highest BCUT2D eigenvalue weighted by Crippen LogP contribution is 2.44. The van der Waals surface area contributed by atoms with Gasteiger partial charge in [0.25, 0.3) is 0 Å². The normalized spacial score (nSPS) is 26.0. The third-order valence-corrected chi connectivity index (χ3v) is 18.2. The first-order chi connectivity index (χ1) is 37.4. The van der Waals surface area contributed by atoms with Gasteiger partial charge in [-0.1, -0.05) is 36.3 Å². The number of rotatable bonds is 11. The molecule has 3 aromatic carbocycles. The summed E-state index contributed by atoms with van der Waals surface area (Å²) in [6, 6.07) is 14.4. The molecule has 7 saturated heterocycles. The van der Waals surface area contributed by atoms with Crippen LogP contribution < -0.4 is 26.0 Å². The molecule has 3 aromatic heterocycles. The van der Waals surface area contributed by atoms with Crippen molar-refractivity contribution in [2.24, 2.45) is 13.0 Å². The van der Waals surface area contributed by atoms with Gasteiger partial charge in [0.05, 0.1) is 27.5 Å². The summed E-state index contributed by atoms with van der Waals surface area (Å²) in [6.07, 6.45) is 16.2. The maximum atomic E-state index is 17.2. The fraction of sp³-hybridized carbons (Fsp3) is 0.500. The number of aromatic nitrogens is 5. The van der Waals surface area contributed by atoms with Gasteiger partial charge < -0.3 is 29.5 Å². The van der Waals surface area contributed by atoms with Crippen molar-refractivity contribution < 1.29 is 32.6 Å². The number of halogens is 2. The molecule has 2 N–H and O–H groups in total. The molecule has 7 fully saturated rings. The van der Waals surface area contributed by atoms with E-state index in [1.807, 2.05) is 17.0 Å². The van der Waals surface area contributed by atoms with E-state index in [1.165, 1.54) is 16.2 Å².